The van der Waals surface area contributed by atoms with Crippen molar-refractivity contribution in [3.63, 3.8) is 0 Å². The van der Waals surface area contributed by atoms with Crippen LogP contribution in [0.4, 0.5) is 18.9 Å². The quantitative estimate of drug-likeness (QED) is 0.549. The van der Waals surface area contributed by atoms with Gasteiger partial charge in [-0.25, -0.2) is 18.2 Å². The first-order chi connectivity index (χ1) is 14.9. The van der Waals surface area contributed by atoms with Crippen LogP contribution in [0, 0.1) is 23.4 Å². The van der Waals surface area contributed by atoms with E-state index in [0.29, 0.717) is 17.5 Å². The van der Waals surface area contributed by atoms with Crippen molar-refractivity contribution < 1.29 is 18.0 Å². The SMILES string of the molecule is C[C@H]1CCC[C@@H](c2ccncc2NC(=O)c2ccc(F)c(-c3c(F)cccc3F)n2)C1. The summed E-state index contributed by atoms with van der Waals surface area (Å²) in [7, 11) is 0. The lowest BCUT2D eigenvalue weighted by atomic mass is 9.78. The Morgan fingerprint density at radius 1 is 1.03 bits per heavy atom. The summed E-state index contributed by atoms with van der Waals surface area (Å²) >= 11 is 0. The van der Waals surface area contributed by atoms with Gasteiger partial charge >= 0.3 is 0 Å². The summed E-state index contributed by atoms with van der Waals surface area (Å²) in [6.45, 7) is 2.22. The monoisotopic (exact) mass is 425 g/mol. The minimum atomic E-state index is -0.954. The van der Waals surface area contributed by atoms with Crippen molar-refractivity contribution >= 4 is 11.6 Å². The van der Waals surface area contributed by atoms with E-state index in [1.54, 1.807) is 12.4 Å². The van der Waals surface area contributed by atoms with Crippen LogP contribution in [-0.4, -0.2) is 15.9 Å². The van der Waals surface area contributed by atoms with Gasteiger partial charge in [-0.05, 0) is 60.6 Å². The normalized spacial score (nSPS) is 18.6. The van der Waals surface area contributed by atoms with Gasteiger partial charge in [0.2, 0.25) is 0 Å². The fraction of sp³-hybridized carbons (Fsp3) is 0.292. The number of pyridine rings is 2. The second-order valence-corrected chi connectivity index (χ2v) is 8.01. The predicted molar refractivity (Wildman–Crippen MR) is 112 cm³/mol. The zero-order valence-corrected chi connectivity index (χ0v) is 17.0. The molecule has 0 aliphatic heterocycles. The number of hydrogen-bond acceptors (Lipinski definition) is 3. The van der Waals surface area contributed by atoms with Crippen molar-refractivity contribution in [3.8, 4) is 11.3 Å². The lowest BCUT2D eigenvalue weighted by molar-refractivity contribution is 0.102. The Labute approximate surface area is 178 Å². The number of nitrogens with zero attached hydrogens (tertiary/aromatic N) is 2. The van der Waals surface area contributed by atoms with Crippen molar-refractivity contribution in [1.82, 2.24) is 9.97 Å². The Morgan fingerprint density at radius 2 is 1.81 bits per heavy atom. The average Bonchev–Trinajstić information content (AvgIpc) is 2.75. The van der Waals surface area contributed by atoms with Gasteiger partial charge in [-0.2, -0.15) is 0 Å². The van der Waals surface area contributed by atoms with E-state index >= 15 is 0 Å². The molecule has 0 spiro atoms. The third kappa shape index (κ3) is 4.45. The van der Waals surface area contributed by atoms with Crippen molar-refractivity contribution in [2.75, 3.05) is 5.32 Å². The van der Waals surface area contributed by atoms with E-state index in [0.717, 1.165) is 43.0 Å². The lowest BCUT2D eigenvalue weighted by Gasteiger charge is -2.28. The average molecular weight is 425 g/mol. The molecular weight excluding hydrogens is 403 g/mol. The molecule has 3 aromatic rings. The summed E-state index contributed by atoms with van der Waals surface area (Å²) in [5, 5.41) is 2.79. The number of rotatable bonds is 4. The highest BCUT2D eigenvalue weighted by molar-refractivity contribution is 6.03. The molecule has 0 bridgehead atoms. The van der Waals surface area contributed by atoms with Gasteiger partial charge in [0.15, 0.2) is 0 Å². The summed E-state index contributed by atoms with van der Waals surface area (Å²) in [5.41, 5.74) is 0.267. The minimum Gasteiger partial charge on any atom is -0.319 e. The van der Waals surface area contributed by atoms with E-state index < -0.39 is 34.6 Å². The Morgan fingerprint density at radius 3 is 2.55 bits per heavy atom. The molecule has 4 nitrogen and oxygen atoms in total. The Kier molecular flexibility index (Phi) is 6.02. The van der Waals surface area contributed by atoms with Gasteiger partial charge in [0.1, 0.15) is 28.8 Å². The van der Waals surface area contributed by atoms with Crippen LogP contribution in [0.3, 0.4) is 0 Å². The summed E-state index contributed by atoms with van der Waals surface area (Å²) < 4.78 is 42.6. The zero-order chi connectivity index (χ0) is 22.0. The Balaban J connectivity index is 1.64. The highest BCUT2D eigenvalue weighted by atomic mass is 19.1. The summed E-state index contributed by atoms with van der Waals surface area (Å²) in [5.74, 6) is -2.51. The molecular formula is C24H22F3N3O. The van der Waals surface area contributed by atoms with Crippen LogP contribution in [-0.2, 0) is 0 Å². The number of hydrogen-bond donors (Lipinski definition) is 1. The number of nitrogens with one attached hydrogen (secondary N) is 1. The predicted octanol–water partition coefficient (Wildman–Crippen LogP) is 6.11. The molecule has 1 N–H and O–H groups in total. The van der Waals surface area contributed by atoms with Crippen molar-refractivity contribution in [3.05, 3.63) is 77.5 Å². The molecule has 31 heavy (non-hydrogen) atoms. The van der Waals surface area contributed by atoms with Gasteiger partial charge in [0.25, 0.3) is 5.91 Å². The van der Waals surface area contributed by atoms with Gasteiger partial charge in [0.05, 0.1) is 17.4 Å². The van der Waals surface area contributed by atoms with E-state index in [9.17, 15) is 18.0 Å². The number of carbonyl (C=O) groups is 1. The minimum absolute atomic E-state index is 0.147. The van der Waals surface area contributed by atoms with Gasteiger partial charge in [-0.15, -0.1) is 0 Å². The molecule has 4 rings (SSSR count). The second-order valence-electron chi connectivity index (χ2n) is 8.01. The molecule has 0 unspecified atom stereocenters. The topological polar surface area (TPSA) is 54.9 Å². The molecule has 1 aromatic carbocycles. The van der Waals surface area contributed by atoms with Gasteiger partial charge in [0, 0.05) is 6.20 Å². The van der Waals surface area contributed by atoms with Crippen molar-refractivity contribution in [1.29, 1.82) is 0 Å². The van der Waals surface area contributed by atoms with Crippen LogP contribution in [0.25, 0.3) is 11.3 Å². The van der Waals surface area contributed by atoms with Crippen LogP contribution in [0.2, 0.25) is 0 Å². The van der Waals surface area contributed by atoms with Gasteiger partial charge in [-0.3, -0.25) is 9.78 Å². The largest absolute Gasteiger partial charge is 0.319 e. The van der Waals surface area contributed by atoms with E-state index in [1.807, 2.05) is 6.07 Å². The van der Waals surface area contributed by atoms with E-state index in [4.69, 9.17) is 0 Å². The summed E-state index contributed by atoms with van der Waals surface area (Å²) in [4.78, 5) is 20.9. The zero-order valence-electron chi connectivity index (χ0n) is 17.0. The highest BCUT2D eigenvalue weighted by Gasteiger charge is 2.24. The second kappa shape index (κ2) is 8.88. The molecule has 2 aromatic heterocycles. The first kappa shape index (κ1) is 21.0. The number of carbonyl (C=O) groups excluding carboxylic acids is 1. The smallest absolute Gasteiger partial charge is 0.274 e. The fourth-order valence-electron chi connectivity index (χ4n) is 4.24. The van der Waals surface area contributed by atoms with E-state index in [1.165, 1.54) is 18.6 Å². The maximum absolute atomic E-state index is 14.3. The maximum atomic E-state index is 14.3. The van der Waals surface area contributed by atoms with Gasteiger partial charge < -0.3 is 5.32 Å². The Bertz CT molecular complexity index is 1100. The molecule has 160 valence electrons. The van der Waals surface area contributed by atoms with E-state index in [2.05, 4.69) is 22.2 Å². The molecule has 7 heteroatoms. The molecule has 2 atom stereocenters. The van der Waals surface area contributed by atoms with Crippen molar-refractivity contribution in [2.24, 2.45) is 5.92 Å². The third-order valence-electron chi connectivity index (χ3n) is 5.76. The number of aromatic nitrogens is 2. The molecule has 2 heterocycles. The number of halogens is 3. The van der Waals surface area contributed by atoms with Crippen molar-refractivity contribution in [2.45, 2.75) is 38.5 Å². The maximum Gasteiger partial charge on any atom is 0.274 e. The molecule has 1 saturated carbocycles. The summed E-state index contributed by atoms with van der Waals surface area (Å²) in [6, 6.07) is 7.27. The first-order valence-electron chi connectivity index (χ1n) is 10.3. The molecule has 1 fully saturated rings. The van der Waals surface area contributed by atoms with Crippen LogP contribution in [0.1, 0.15) is 54.6 Å². The number of amides is 1. The third-order valence-corrected chi connectivity index (χ3v) is 5.76. The van der Waals surface area contributed by atoms with Gasteiger partial charge in [-0.1, -0.05) is 25.8 Å². The molecule has 1 aliphatic carbocycles. The lowest BCUT2D eigenvalue weighted by Crippen LogP contribution is -2.18. The molecule has 1 amide bonds. The molecule has 1 aliphatic rings. The van der Waals surface area contributed by atoms with E-state index in [-0.39, 0.29) is 5.69 Å². The fourth-order valence-corrected chi connectivity index (χ4v) is 4.24. The first-order valence-corrected chi connectivity index (χ1v) is 10.3. The Hall–Kier alpha value is -3.22. The number of anilines is 1. The highest BCUT2D eigenvalue weighted by Crippen LogP contribution is 2.38. The molecule has 0 saturated heterocycles. The van der Waals surface area contributed by atoms with Crippen LogP contribution < -0.4 is 5.32 Å². The van der Waals surface area contributed by atoms with Crippen LogP contribution >= 0.6 is 0 Å². The standard InChI is InChI=1S/C24H22F3N3O/c1-14-4-2-5-15(12-14)16-10-11-28-13-21(16)30-24(31)20-9-8-19(27)23(29-20)22-17(25)6-3-7-18(22)26/h3,6-11,13-15H,2,4-5,12H2,1H3,(H,30,31)/t14-,15+/m0/s1. The van der Waals surface area contributed by atoms with Crippen LogP contribution in [0.5, 0.6) is 0 Å². The van der Waals surface area contributed by atoms with Crippen LogP contribution in [0.15, 0.2) is 48.8 Å². The number of benzene rings is 1. The summed E-state index contributed by atoms with van der Waals surface area (Å²) in [6.07, 6.45) is 7.64. The molecule has 0 radical (unpaired) electrons.